The van der Waals surface area contributed by atoms with Crippen LogP contribution in [0.25, 0.3) is 0 Å². The highest BCUT2D eigenvalue weighted by Gasteiger charge is 2.22. The Bertz CT molecular complexity index is 1030. The van der Waals surface area contributed by atoms with Crippen molar-refractivity contribution in [3.8, 4) is 0 Å². The average Bonchev–Trinajstić information content (AvgIpc) is 3.11. The third kappa shape index (κ3) is 40.5. The van der Waals surface area contributed by atoms with Gasteiger partial charge >= 0.3 is 19.8 Å². The fourth-order valence-corrected chi connectivity index (χ4v) is 5.84. The summed E-state index contributed by atoms with van der Waals surface area (Å²) in [6, 6.07) is 0. The quantitative estimate of drug-likeness (QED) is 0.0279. The molecule has 0 saturated carbocycles. The number of allylic oxidation sites excluding steroid dienone is 10. The molecule has 52 heavy (non-hydrogen) atoms. The lowest BCUT2D eigenvalue weighted by Gasteiger charge is -2.18. The zero-order valence-corrected chi connectivity index (χ0v) is 33.8. The van der Waals surface area contributed by atoms with Gasteiger partial charge in [0.15, 0.2) is 6.10 Å². The summed E-state index contributed by atoms with van der Waals surface area (Å²) in [5.41, 5.74) is 0. The number of hydrogen-bond donors (Lipinski definition) is 2. The first-order valence-corrected chi connectivity index (χ1v) is 22.1. The van der Waals surface area contributed by atoms with Gasteiger partial charge in [0, 0.05) is 12.8 Å². The van der Waals surface area contributed by atoms with E-state index in [-0.39, 0.29) is 19.4 Å². The van der Waals surface area contributed by atoms with Crippen LogP contribution < -0.4 is 0 Å². The van der Waals surface area contributed by atoms with Gasteiger partial charge in [-0.05, 0) is 77.0 Å². The van der Waals surface area contributed by atoms with Gasteiger partial charge in [-0.1, -0.05) is 152 Å². The molecule has 0 fully saturated rings. The molecule has 0 aliphatic heterocycles. The molecule has 1 unspecified atom stereocenters. The van der Waals surface area contributed by atoms with Crippen molar-refractivity contribution in [2.24, 2.45) is 0 Å². The van der Waals surface area contributed by atoms with Crippen LogP contribution in [0.1, 0.15) is 181 Å². The molecule has 8 nitrogen and oxygen atoms in total. The molecular weight excluding hydrogens is 675 g/mol. The zero-order valence-electron chi connectivity index (χ0n) is 32.9. The molecule has 0 rings (SSSR count). The minimum Gasteiger partial charge on any atom is -0.462 e. The SMILES string of the molecule is CC/C=C\C/C=C\C/C=C\C/C=C\CCCCCCCCCCC(=O)OC(COC(=O)CCCCCCC/C=C\CCCCCC)COP(=O)(O)O. The Hall–Kier alpha value is -2.25. The van der Waals surface area contributed by atoms with Crippen LogP contribution in [-0.4, -0.2) is 41.0 Å². The molecule has 0 amide bonds. The first-order chi connectivity index (χ1) is 25.3. The summed E-state index contributed by atoms with van der Waals surface area (Å²) in [5.74, 6) is -0.907. The molecular formula is C43H75O8P. The van der Waals surface area contributed by atoms with E-state index >= 15 is 0 Å². The molecule has 0 heterocycles. The Morgan fingerprint density at radius 1 is 0.519 bits per heavy atom. The largest absolute Gasteiger partial charge is 0.469 e. The molecule has 0 radical (unpaired) electrons. The molecule has 0 bridgehead atoms. The standard InChI is InChI=1S/C43H75O8P/c1-3-5-7-9-11-13-15-17-18-19-20-21-22-23-24-26-28-30-32-34-36-38-43(45)51-41(40-50-52(46,47)48)39-49-42(44)37-35-33-31-29-27-25-16-14-12-10-8-6-4-2/h5,7,11,13-14,16-18,20-21,41H,3-4,6,8-10,12,15,19,22-40H2,1-2H3,(H2,46,47,48)/b7-5-,13-11-,16-14-,18-17-,21-20-. The molecule has 0 aliphatic carbocycles. The van der Waals surface area contributed by atoms with Crippen molar-refractivity contribution < 1.29 is 37.9 Å². The van der Waals surface area contributed by atoms with Crippen molar-refractivity contribution >= 4 is 19.8 Å². The Morgan fingerprint density at radius 2 is 0.923 bits per heavy atom. The van der Waals surface area contributed by atoms with Crippen molar-refractivity contribution in [2.45, 2.75) is 187 Å². The van der Waals surface area contributed by atoms with Crippen molar-refractivity contribution in [1.82, 2.24) is 0 Å². The highest BCUT2D eigenvalue weighted by molar-refractivity contribution is 7.46. The Balaban J connectivity index is 3.94. The summed E-state index contributed by atoms with van der Waals surface area (Å²) in [4.78, 5) is 42.8. The van der Waals surface area contributed by atoms with Gasteiger partial charge in [0.2, 0.25) is 0 Å². The van der Waals surface area contributed by atoms with Crippen LogP contribution in [0.3, 0.4) is 0 Å². The van der Waals surface area contributed by atoms with Crippen molar-refractivity contribution in [3.05, 3.63) is 60.8 Å². The van der Waals surface area contributed by atoms with Gasteiger partial charge in [-0.25, -0.2) is 4.57 Å². The van der Waals surface area contributed by atoms with Crippen LogP contribution in [0.2, 0.25) is 0 Å². The maximum atomic E-state index is 12.4. The van der Waals surface area contributed by atoms with Crippen molar-refractivity contribution in [1.29, 1.82) is 0 Å². The van der Waals surface area contributed by atoms with E-state index in [4.69, 9.17) is 19.3 Å². The lowest BCUT2D eigenvalue weighted by atomic mass is 10.1. The predicted molar refractivity (Wildman–Crippen MR) is 216 cm³/mol. The second kappa shape index (κ2) is 38.5. The van der Waals surface area contributed by atoms with E-state index in [9.17, 15) is 14.2 Å². The second-order valence-electron chi connectivity index (χ2n) is 13.6. The van der Waals surface area contributed by atoms with E-state index in [0.717, 1.165) is 83.5 Å². The van der Waals surface area contributed by atoms with E-state index in [2.05, 4.69) is 79.1 Å². The molecule has 300 valence electrons. The molecule has 0 aromatic rings. The number of phosphoric acid groups is 1. The summed E-state index contributed by atoms with van der Waals surface area (Å²) < 4.78 is 26.4. The Kier molecular flexibility index (Phi) is 36.8. The summed E-state index contributed by atoms with van der Waals surface area (Å²) in [6.07, 6.45) is 47.9. The summed E-state index contributed by atoms with van der Waals surface area (Å²) in [6.45, 7) is 3.54. The lowest BCUT2D eigenvalue weighted by molar-refractivity contribution is -0.161. The van der Waals surface area contributed by atoms with Crippen molar-refractivity contribution in [2.75, 3.05) is 13.2 Å². The van der Waals surface area contributed by atoms with Crippen LogP contribution in [0, 0.1) is 0 Å². The fourth-order valence-electron chi connectivity index (χ4n) is 5.48. The number of hydrogen-bond acceptors (Lipinski definition) is 6. The molecule has 0 spiro atoms. The third-order valence-corrected chi connectivity index (χ3v) is 9.01. The molecule has 0 aliphatic rings. The fraction of sp³-hybridized carbons (Fsp3) is 0.721. The molecule has 2 N–H and O–H groups in total. The minimum absolute atomic E-state index is 0.198. The maximum absolute atomic E-state index is 12.4. The first-order valence-electron chi connectivity index (χ1n) is 20.6. The maximum Gasteiger partial charge on any atom is 0.469 e. The van der Waals surface area contributed by atoms with E-state index < -0.39 is 32.5 Å². The highest BCUT2D eigenvalue weighted by atomic mass is 31.2. The predicted octanol–water partition coefficient (Wildman–Crippen LogP) is 12.5. The first kappa shape index (κ1) is 49.8. The van der Waals surface area contributed by atoms with E-state index in [1.807, 2.05) is 0 Å². The average molecular weight is 751 g/mol. The number of carbonyl (C=O) groups excluding carboxylic acids is 2. The summed E-state index contributed by atoms with van der Waals surface area (Å²) >= 11 is 0. The number of carbonyl (C=O) groups is 2. The monoisotopic (exact) mass is 751 g/mol. The van der Waals surface area contributed by atoms with E-state index in [0.29, 0.717) is 12.8 Å². The lowest BCUT2D eigenvalue weighted by Crippen LogP contribution is -2.29. The normalized spacial score (nSPS) is 13.1. The number of unbranched alkanes of at least 4 members (excludes halogenated alkanes) is 17. The second-order valence-corrected chi connectivity index (χ2v) is 14.8. The van der Waals surface area contributed by atoms with Crippen LogP contribution in [0.15, 0.2) is 60.8 Å². The third-order valence-electron chi connectivity index (χ3n) is 8.52. The molecule has 0 aromatic carbocycles. The smallest absolute Gasteiger partial charge is 0.462 e. The highest BCUT2D eigenvalue weighted by Crippen LogP contribution is 2.36. The molecule has 9 heteroatoms. The van der Waals surface area contributed by atoms with Gasteiger partial charge in [0.05, 0.1) is 6.61 Å². The van der Waals surface area contributed by atoms with Crippen LogP contribution in [0.4, 0.5) is 0 Å². The topological polar surface area (TPSA) is 119 Å². The van der Waals surface area contributed by atoms with Gasteiger partial charge in [0.1, 0.15) is 6.61 Å². The summed E-state index contributed by atoms with van der Waals surface area (Å²) in [7, 11) is -4.76. The van der Waals surface area contributed by atoms with Crippen LogP contribution >= 0.6 is 7.82 Å². The van der Waals surface area contributed by atoms with Gasteiger partial charge in [-0.15, -0.1) is 0 Å². The Labute approximate surface area is 317 Å². The summed E-state index contributed by atoms with van der Waals surface area (Å²) in [5, 5.41) is 0. The van der Waals surface area contributed by atoms with E-state index in [1.54, 1.807) is 0 Å². The number of ether oxygens (including phenoxy) is 2. The van der Waals surface area contributed by atoms with Gasteiger partial charge in [-0.3, -0.25) is 14.1 Å². The van der Waals surface area contributed by atoms with E-state index in [1.165, 1.54) is 57.8 Å². The van der Waals surface area contributed by atoms with Gasteiger partial charge in [-0.2, -0.15) is 0 Å². The number of phosphoric ester groups is 1. The molecule has 0 saturated heterocycles. The number of esters is 2. The van der Waals surface area contributed by atoms with Crippen LogP contribution in [-0.2, 0) is 28.2 Å². The number of rotatable bonds is 37. The minimum atomic E-state index is -4.76. The molecule has 1 atom stereocenters. The zero-order chi connectivity index (χ0) is 38.2. The van der Waals surface area contributed by atoms with Gasteiger partial charge in [0.25, 0.3) is 0 Å². The van der Waals surface area contributed by atoms with Crippen LogP contribution in [0.5, 0.6) is 0 Å². The Morgan fingerprint density at radius 3 is 1.40 bits per heavy atom. The van der Waals surface area contributed by atoms with Crippen molar-refractivity contribution in [3.63, 3.8) is 0 Å². The molecule has 0 aromatic heterocycles. The van der Waals surface area contributed by atoms with Gasteiger partial charge < -0.3 is 19.3 Å².